The third kappa shape index (κ3) is 2.48. The van der Waals surface area contributed by atoms with Crippen molar-refractivity contribution in [1.82, 2.24) is 0 Å². The van der Waals surface area contributed by atoms with E-state index >= 15 is 0 Å². The Labute approximate surface area is 122 Å². The molecule has 1 aromatic rings. The minimum atomic E-state index is -0.851. The fourth-order valence-electron chi connectivity index (χ4n) is 2.20. The van der Waals surface area contributed by atoms with Gasteiger partial charge in [0.05, 0.1) is 9.21 Å². The van der Waals surface area contributed by atoms with E-state index in [-0.39, 0.29) is 5.91 Å². The maximum absolute atomic E-state index is 11.0. The van der Waals surface area contributed by atoms with Crippen molar-refractivity contribution in [2.24, 2.45) is 0 Å². The number of carbonyl (C=O) groups excluding carboxylic acids is 1. The van der Waals surface area contributed by atoms with Crippen LogP contribution in [-0.2, 0) is 21.0 Å². The van der Waals surface area contributed by atoms with E-state index in [1.54, 1.807) is 6.07 Å². The van der Waals surface area contributed by atoms with Crippen LogP contribution < -0.4 is 5.32 Å². The number of nitrogens with zero attached hydrogens (tertiary/aromatic N) is 1. The Morgan fingerprint density at radius 2 is 2.44 bits per heavy atom. The molecule has 94 valence electrons. The predicted octanol–water partition coefficient (Wildman–Crippen LogP) is 3.32. The average molecular weight is 374 g/mol. The lowest BCUT2D eigenvalue weighted by molar-refractivity contribution is -0.114. The van der Waals surface area contributed by atoms with Gasteiger partial charge < -0.3 is 5.32 Å². The molecule has 0 fully saturated rings. The van der Waals surface area contributed by atoms with Gasteiger partial charge in [0.15, 0.2) is 5.60 Å². The van der Waals surface area contributed by atoms with Crippen molar-refractivity contribution in [3.8, 4) is 6.07 Å². The molecule has 1 aliphatic carbocycles. The first-order valence-electron chi connectivity index (χ1n) is 5.40. The van der Waals surface area contributed by atoms with Gasteiger partial charge in [-0.15, -0.1) is 0 Å². The van der Waals surface area contributed by atoms with Gasteiger partial charge in [-0.1, -0.05) is 6.07 Å². The number of rotatable bonds is 3. The second-order valence-corrected chi connectivity index (χ2v) is 5.51. The minimum Gasteiger partial charge on any atom is -0.326 e. The van der Waals surface area contributed by atoms with Crippen molar-refractivity contribution in [3.05, 3.63) is 29.3 Å². The highest BCUT2D eigenvalue weighted by molar-refractivity contribution is 14.2. The van der Waals surface area contributed by atoms with Crippen LogP contribution >= 0.6 is 30.4 Å². The fraction of sp³-hybridized carbons (Fsp3) is 0.333. The summed E-state index contributed by atoms with van der Waals surface area (Å²) in [6.07, 6.45) is 1.44. The van der Waals surface area contributed by atoms with Gasteiger partial charge in [-0.2, -0.15) is 5.26 Å². The Balaban J connectivity index is 2.35. The summed E-state index contributed by atoms with van der Waals surface area (Å²) in [4.78, 5) is 11.0. The lowest BCUT2D eigenvalue weighted by atomic mass is 9.98. The molecule has 0 heterocycles. The molecule has 0 radical (unpaired) electrons. The Morgan fingerprint density at radius 1 is 1.67 bits per heavy atom. The van der Waals surface area contributed by atoms with E-state index in [0.29, 0.717) is 6.42 Å². The van der Waals surface area contributed by atoms with Crippen molar-refractivity contribution in [2.45, 2.75) is 25.4 Å². The summed E-state index contributed by atoms with van der Waals surface area (Å²) in [5.74, 6) is -0.0986. The van der Waals surface area contributed by atoms with Gasteiger partial charge in [-0.3, -0.25) is 8.98 Å². The second-order valence-electron chi connectivity index (χ2n) is 4.14. The molecular weight excluding hydrogens is 363 g/mol. The summed E-state index contributed by atoms with van der Waals surface area (Å²) < 4.78 is 5.54. The van der Waals surface area contributed by atoms with Crippen LogP contribution in [0.2, 0.25) is 0 Å². The van der Waals surface area contributed by atoms with Gasteiger partial charge >= 0.3 is 0 Å². The number of fused-ring (bicyclic) bond motifs is 1. The Hall–Kier alpha value is -0.780. The standard InChI is InChI=1S/C12H11IN2O2S/c1-8(16)15-10-2-3-11-9(6-10)4-5-12(11,7-14)17-18-13/h2-3,6H,4-5H2,1H3,(H,15,16). The lowest BCUT2D eigenvalue weighted by Crippen LogP contribution is -2.21. The van der Waals surface area contributed by atoms with Gasteiger partial charge in [0.25, 0.3) is 0 Å². The normalized spacial score (nSPS) is 21.2. The van der Waals surface area contributed by atoms with Crippen LogP contribution in [0.3, 0.4) is 0 Å². The van der Waals surface area contributed by atoms with Crippen LogP contribution in [0.15, 0.2) is 18.2 Å². The SMILES string of the molecule is CC(=O)Nc1ccc2c(c1)CCC2(C#N)OSI. The fourth-order valence-corrected chi connectivity index (χ4v) is 3.43. The lowest BCUT2D eigenvalue weighted by Gasteiger charge is -2.20. The first kappa shape index (κ1) is 13.6. The predicted molar refractivity (Wildman–Crippen MR) is 79.1 cm³/mol. The van der Waals surface area contributed by atoms with Crippen LogP contribution in [0.5, 0.6) is 0 Å². The van der Waals surface area contributed by atoms with Crippen molar-refractivity contribution < 1.29 is 8.98 Å². The van der Waals surface area contributed by atoms with Gasteiger partial charge in [0, 0.05) is 39.4 Å². The number of hydrogen-bond donors (Lipinski definition) is 1. The maximum Gasteiger partial charge on any atom is 0.221 e. The summed E-state index contributed by atoms with van der Waals surface area (Å²) in [7, 11) is 1.18. The molecule has 2 rings (SSSR count). The summed E-state index contributed by atoms with van der Waals surface area (Å²) in [5.41, 5.74) is 1.88. The quantitative estimate of drug-likeness (QED) is 0.651. The van der Waals surface area contributed by atoms with Gasteiger partial charge in [-0.05, 0) is 30.5 Å². The summed E-state index contributed by atoms with van der Waals surface area (Å²) in [6.45, 7) is 1.47. The van der Waals surface area contributed by atoms with Crippen LogP contribution in [0, 0.1) is 11.3 Å². The molecule has 0 aliphatic heterocycles. The number of amides is 1. The highest BCUT2D eigenvalue weighted by Crippen LogP contribution is 2.44. The van der Waals surface area contributed by atoms with E-state index in [0.717, 1.165) is 23.2 Å². The molecule has 1 aromatic carbocycles. The number of nitriles is 1. The highest BCUT2D eigenvalue weighted by Gasteiger charge is 2.41. The average Bonchev–Trinajstić information content (AvgIpc) is 2.68. The van der Waals surface area contributed by atoms with Gasteiger partial charge in [0.2, 0.25) is 5.91 Å². The van der Waals surface area contributed by atoms with Crippen molar-refractivity contribution in [3.63, 3.8) is 0 Å². The topological polar surface area (TPSA) is 62.1 Å². The minimum absolute atomic E-state index is 0.0986. The number of aryl methyl sites for hydroxylation is 1. The van der Waals surface area contributed by atoms with Crippen LogP contribution in [0.1, 0.15) is 24.5 Å². The molecule has 0 spiro atoms. The van der Waals surface area contributed by atoms with Crippen LogP contribution in [0.25, 0.3) is 0 Å². The number of carbonyl (C=O) groups is 1. The molecule has 1 N–H and O–H groups in total. The zero-order valence-corrected chi connectivity index (χ0v) is 12.7. The Bertz CT molecular complexity index is 529. The van der Waals surface area contributed by atoms with Crippen molar-refractivity contribution >= 4 is 42.0 Å². The summed E-state index contributed by atoms with van der Waals surface area (Å²) >= 11 is 2.02. The smallest absolute Gasteiger partial charge is 0.221 e. The molecule has 1 unspecified atom stereocenters. The summed E-state index contributed by atoms with van der Waals surface area (Å²) in [5, 5.41) is 12.1. The molecule has 0 saturated heterocycles. The highest BCUT2D eigenvalue weighted by atomic mass is 127. The first-order valence-corrected chi connectivity index (χ1v) is 8.68. The molecular formula is C12H11IN2O2S. The Kier molecular flexibility index (Phi) is 4.14. The number of anilines is 1. The molecule has 6 heteroatoms. The molecule has 18 heavy (non-hydrogen) atoms. The summed E-state index contributed by atoms with van der Waals surface area (Å²) in [6, 6.07) is 7.84. The monoisotopic (exact) mass is 374 g/mol. The third-order valence-electron chi connectivity index (χ3n) is 2.96. The first-order chi connectivity index (χ1) is 8.61. The zero-order valence-electron chi connectivity index (χ0n) is 9.70. The van der Waals surface area contributed by atoms with E-state index in [1.165, 1.54) is 16.1 Å². The van der Waals surface area contributed by atoms with E-state index in [1.807, 2.05) is 33.3 Å². The van der Waals surface area contributed by atoms with Gasteiger partial charge in [0.1, 0.15) is 6.07 Å². The van der Waals surface area contributed by atoms with Crippen molar-refractivity contribution in [1.29, 1.82) is 5.26 Å². The van der Waals surface area contributed by atoms with E-state index in [4.69, 9.17) is 4.18 Å². The molecule has 1 atom stereocenters. The van der Waals surface area contributed by atoms with E-state index in [9.17, 15) is 10.1 Å². The molecule has 0 saturated carbocycles. The number of benzene rings is 1. The van der Waals surface area contributed by atoms with Crippen LogP contribution in [-0.4, -0.2) is 5.91 Å². The number of halogens is 1. The molecule has 4 nitrogen and oxygen atoms in total. The third-order valence-corrected chi connectivity index (χ3v) is 3.85. The van der Waals surface area contributed by atoms with E-state index < -0.39 is 5.60 Å². The zero-order chi connectivity index (χ0) is 13.2. The van der Waals surface area contributed by atoms with Crippen LogP contribution in [0.4, 0.5) is 5.69 Å². The molecule has 1 aliphatic rings. The maximum atomic E-state index is 11.0. The molecule has 1 amide bonds. The largest absolute Gasteiger partial charge is 0.326 e. The molecule has 0 bridgehead atoms. The number of hydrogen-bond acceptors (Lipinski definition) is 4. The second kappa shape index (κ2) is 5.47. The van der Waals surface area contributed by atoms with Crippen molar-refractivity contribution in [2.75, 3.05) is 5.32 Å². The molecule has 0 aromatic heterocycles. The number of nitrogens with one attached hydrogen (secondary N) is 1. The Morgan fingerprint density at radius 3 is 3.06 bits per heavy atom. The van der Waals surface area contributed by atoms with E-state index in [2.05, 4.69) is 11.4 Å². The van der Waals surface area contributed by atoms with Gasteiger partial charge in [-0.25, -0.2) is 0 Å².